The van der Waals surface area contributed by atoms with Crippen LogP contribution in [0.3, 0.4) is 0 Å². The smallest absolute Gasteiger partial charge is 0.146 e. The molecule has 0 aliphatic rings. The third kappa shape index (κ3) is 10.4. The molecule has 0 aliphatic carbocycles. The lowest BCUT2D eigenvalue weighted by atomic mass is 9.95. The zero-order chi connectivity index (χ0) is 13.8. The van der Waals surface area contributed by atoms with Crippen LogP contribution in [0.2, 0.25) is 0 Å². The number of carbonyl (C=O) groups excluding carboxylic acids is 1. The Labute approximate surface area is 106 Å². The van der Waals surface area contributed by atoms with Crippen molar-refractivity contribution in [2.75, 3.05) is 27.2 Å². The third-order valence-corrected chi connectivity index (χ3v) is 2.63. The molecule has 0 aromatic rings. The molecule has 0 aliphatic heterocycles. The Bertz CT molecular complexity index is 185. The first-order chi connectivity index (χ1) is 8.01. The largest absolute Gasteiger partial charge is 0.330 e. The van der Waals surface area contributed by atoms with E-state index in [0.717, 1.165) is 19.4 Å². The second-order valence-electron chi connectivity index (χ2n) is 4.06. The summed E-state index contributed by atoms with van der Waals surface area (Å²) in [5, 5.41) is 4.65. The van der Waals surface area contributed by atoms with Gasteiger partial charge in [-0.05, 0) is 39.3 Å². The van der Waals surface area contributed by atoms with E-state index in [2.05, 4.69) is 5.32 Å². The Morgan fingerprint density at radius 1 is 1.41 bits per heavy atom. The van der Waals surface area contributed by atoms with Gasteiger partial charge in [0.25, 0.3) is 0 Å². The van der Waals surface area contributed by atoms with E-state index in [1.807, 2.05) is 20.9 Å². The lowest BCUT2D eigenvalue weighted by molar-refractivity contribution is -0.119. The Kier molecular flexibility index (Phi) is 13.3. The number of Topliss-reactive ketones (excluding diaryl/α,β-unsaturated/α-hetero) is 1. The Morgan fingerprint density at radius 3 is 2.24 bits per heavy atom. The van der Waals surface area contributed by atoms with Crippen molar-refractivity contribution in [2.24, 2.45) is 17.5 Å². The van der Waals surface area contributed by atoms with Crippen LogP contribution in [0.25, 0.3) is 0 Å². The number of carbonyl (C=O) groups is 1. The number of hydrogen-bond donors (Lipinski definition) is 3. The van der Waals surface area contributed by atoms with E-state index < -0.39 is 0 Å². The first-order valence-electron chi connectivity index (χ1n) is 6.34. The summed E-state index contributed by atoms with van der Waals surface area (Å²) in [6, 6.07) is -0.0818. The number of likely N-dealkylation sites (N-methyl/N-ethyl adjacent to an activating group) is 1. The number of nitrogens with two attached hydrogens (primary N) is 2. The number of nitrogens with one attached hydrogen (secondary N) is 1. The van der Waals surface area contributed by atoms with Gasteiger partial charge in [0.2, 0.25) is 0 Å². The average molecular weight is 246 g/mol. The molecule has 0 aromatic heterocycles. The molecular weight excluding hydrogens is 216 g/mol. The van der Waals surface area contributed by atoms with Crippen LogP contribution >= 0.6 is 0 Å². The fourth-order valence-electron chi connectivity index (χ4n) is 1.54. The fourth-order valence-corrected chi connectivity index (χ4v) is 1.54. The normalized spacial score (nSPS) is 13.9. The molecule has 104 valence electrons. The molecule has 0 rings (SSSR count). The van der Waals surface area contributed by atoms with Gasteiger partial charge in [0.15, 0.2) is 0 Å². The molecule has 0 saturated heterocycles. The first-order valence-corrected chi connectivity index (χ1v) is 6.34. The third-order valence-electron chi connectivity index (χ3n) is 2.63. The standard InChI is InChI=1S/C10H24N4O.C2H6/c1-8(15)10(13-2)6-9(7-11)4-5-14(3)12;1-2/h9-10,13H,4-7,11-12H2,1-3H3;1-2H3. The highest BCUT2D eigenvalue weighted by Crippen LogP contribution is 2.10. The summed E-state index contributed by atoms with van der Waals surface area (Å²) < 4.78 is 0. The van der Waals surface area contributed by atoms with Crippen LogP contribution < -0.4 is 16.9 Å². The van der Waals surface area contributed by atoms with Crippen LogP contribution in [0.5, 0.6) is 0 Å². The van der Waals surface area contributed by atoms with Crippen LogP contribution in [0, 0.1) is 5.92 Å². The molecule has 0 fully saturated rings. The lowest BCUT2D eigenvalue weighted by Gasteiger charge is -2.21. The monoisotopic (exact) mass is 246 g/mol. The van der Waals surface area contributed by atoms with Gasteiger partial charge < -0.3 is 11.1 Å². The second-order valence-corrected chi connectivity index (χ2v) is 4.06. The summed E-state index contributed by atoms with van der Waals surface area (Å²) in [7, 11) is 3.63. The highest BCUT2D eigenvalue weighted by molar-refractivity contribution is 5.81. The van der Waals surface area contributed by atoms with Gasteiger partial charge in [-0.1, -0.05) is 13.8 Å². The Balaban J connectivity index is 0. The highest BCUT2D eigenvalue weighted by Gasteiger charge is 2.17. The second kappa shape index (κ2) is 12.0. The summed E-state index contributed by atoms with van der Waals surface area (Å²) in [6.45, 7) is 7.00. The quantitative estimate of drug-likeness (QED) is 0.425. The molecule has 17 heavy (non-hydrogen) atoms. The fraction of sp³-hybridized carbons (Fsp3) is 0.917. The summed E-state index contributed by atoms with van der Waals surface area (Å²) in [5.74, 6) is 6.04. The van der Waals surface area contributed by atoms with Gasteiger partial charge in [0, 0.05) is 13.6 Å². The van der Waals surface area contributed by atoms with E-state index in [4.69, 9.17) is 11.6 Å². The lowest BCUT2D eigenvalue weighted by Crippen LogP contribution is -2.37. The number of hydrazine groups is 1. The van der Waals surface area contributed by atoms with Crippen LogP contribution in [0.15, 0.2) is 0 Å². The van der Waals surface area contributed by atoms with E-state index >= 15 is 0 Å². The molecule has 0 bridgehead atoms. The molecule has 5 nitrogen and oxygen atoms in total. The van der Waals surface area contributed by atoms with E-state index in [-0.39, 0.29) is 11.8 Å². The topological polar surface area (TPSA) is 84.4 Å². The molecule has 0 spiro atoms. The molecule has 5 N–H and O–H groups in total. The molecule has 0 aromatic carbocycles. The van der Waals surface area contributed by atoms with Crippen molar-refractivity contribution in [1.82, 2.24) is 10.3 Å². The number of ketones is 1. The number of nitrogens with zero attached hydrogens (tertiary/aromatic N) is 1. The van der Waals surface area contributed by atoms with Crippen molar-refractivity contribution in [3.8, 4) is 0 Å². The van der Waals surface area contributed by atoms with Crippen LogP contribution in [0.1, 0.15) is 33.6 Å². The Hall–Kier alpha value is -0.490. The van der Waals surface area contributed by atoms with Gasteiger partial charge in [-0.25, -0.2) is 0 Å². The van der Waals surface area contributed by atoms with Gasteiger partial charge in [-0.2, -0.15) is 0 Å². The molecule has 5 heteroatoms. The van der Waals surface area contributed by atoms with Crippen molar-refractivity contribution >= 4 is 5.78 Å². The summed E-state index contributed by atoms with van der Waals surface area (Å²) in [5.41, 5.74) is 5.66. The SMILES string of the molecule is CC.CNC(CC(CN)CCN(C)N)C(C)=O. The number of rotatable bonds is 8. The zero-order valence-corrected chi connectivity index (χ0v) is 12.0. The van der Waals surface area contributed by atoms with Crippen molar-refractivity contribution in [3.05, 3.63) is 0 Å². The van der Waals surface area contributed by atoms with E-state index in [1.54, 1.807) is 19.0 Å². The molecule has 0 saturated carbocycles. The van der Waals surface area contributed by atoms with Crippen molar-refractivity contribution in [2.45, 2.75) is 39.7 Å². The van der Waals surface area contributed by atoms with E-state index in [0.29, 0.717) is 12.5 Å². The maximum atomic E-state index is 11.2. The van der Waals surface area contributed by atoms with Crippen LogP contribution in [-0.4, -0.2) is 44.0 Å². The minimum Gasteiger partial charge on any atom is -0.330 e. The van der Waals surface area contributed by atoms with Gasteiger partial charge in [-0.15, -0.1) is 0 Å². The van der Waals surface area contributed by atoms with E-state index in [1.165, 1.54) is 0 Å². The van der Waals surface area contributed by atoms with Gasteiger partial charge >= 0.3 is 0 Å². The minimum absolute atomic E-state index is 0.0818. The predicted molar refractivity (Wildman–Crippen MR) is 73.5 cm³/mol. The molecular formula is C12H30N4O. The summed E-state index contributed by atoms with van der Waals surface area (Å²) in [6.07, 6.45) is 1.71. The van der Waals surface area contributed by atoms with E-state index in [9.17, 15) is 4.79 Å². The maximum Gasteiger partial charge on any atom is 0.146 e. The summed E-state index contributed by atoms with van der Waals surface area (Å²) >= 11 is 0. The molecule has 2 unspecified atom stereocenters. The molecule has 0 radical (unpaired) electrons. The molecule has 0 heterocycles. The zero-order valence-electron chi connectivity index (χ0n) is 12.0. The predicted octanol–water partition coefficient (Wildman–Crippen LogP) is 0.350. The summed E-state index contributed by atoms with van der Waals surface area (Å²) in [4.78, 5) is 11.2. The maximum absolute atomic E-state index is 11.2. The van der Waals surface area contributed by atoms with Gasteiger partial charge in [0.05, 0.1) is 6.04 Å². The van der Waals surface area contributed by atoms with Crippen LogP contribution in [0.4, 0.5) is 0 Å². The van der Waals surface area contributed by atoms with Crippen molar-refractivity contribution in [3.63, 3.8) is 0 Å². The first kappa shape index (κ1) is 18.9. The van der Waals surface area contributed by atoms with Crippen molar-refractivity contribution in [1.29, 1.82) is 0 Å². The number of hydrogen-bond acceptors (Lipinski definition) is 5. The highest BCUT2D eigenvalue weighted by atomic mass is 16.1. The van der Waals surface area contributed by atoms with Crippen molar-refractivity contribution < 1.29 is 4.79 Å². The Morgan fingerprint density at radius 2 is 1.94 bits per heavy atom. The minimum atomic E-state index is -0.0818. The van der Waals surface area contributed by atoms with Gasteiger partial charge in [0.1, 0.15) is 5.78 Å². The van der Waals surface area contributed by atoms with Gasteiger partial charge in [-0.3, -0.25) is 15.6 Å². The molecule has 0 amide bonds. The van der Waals surface area contributed by atoms with Crippen LogP contribution in [-0.2, 0) is 4.79 Å². The average Bonchev–Trinajstić information content (AvgIpc) is 2.31. The molecule has 2 atom stereocenters.